The Morgan fingerprint density at radius 1 is 1.26 bits per heavy atom. The lowest BCUT2D eigenvalue weighted by molar-refractivity contribution is 0.325. The molecule has 1 aliphatic heterocycles. The van der Waals surface area contributed by atoms with Crippen molar-refractivity contribution < 1.29 is 4.39 Å². The molecule has 0 saturated carbocycles. The molecule has 2 aromatic rings. The first kappa shape index (κ1) is 12.4. The zero-order valence-corrected chi connectivity index (χ0v) is 10.8. The average Bonchev–Trinajstić information content (AvgIpc) is 2.89. The standard InChI is InChI=1S/C15H18FN3/c16-15-5-3-13(4-6-15)14-9-18-19(11-14)10-12-2-1-7-17-8-12/h3-6,9,11-12,17H,1-2,7-8,10H2. The van der Waals surface area contributed by atoms with E-state index in [1.807, 2.05) is 17.1 Å². The van der Waals surface area contributed by atoms with Gasteiger partial charge in [0.05, 0.1) is 6.20 Å². The second-order valence-corrected chi connectivity index (χ2v) is 5.17. The van der Waals surface area contributed by atoms with Gasteiger partial charge in [-0.1, -0.05) is 12.1 Å². The Morgan fingerprint density at radius 3 is 2.84 bits per heavy atom. The van der Waals surface area contributed by atoms with E-state index in [2.05, 4.69) is 10.4 Å². The van der Waals surface area contributed by atoms with Crippen molar-refractivity contribution in [2.45, 2.75) is 19.4 Å². The number of hydrogen-bond acceptors (Lipinski definition) is 2. The summed E-state index contributed by atoms with van der Waals surface area (Å²) in [5.74, 6) is 0.458. The van der Waals surface area contributed by atoms with E-state index >= 15 is 0 Å². The molecule has 2 heterocycles. The van der Waals surface area contributed by atoms with Gasteiger partial charge in [0, 0.05) is 18.3 Å². The third-order valence-electron chi connectivity index (χ3n) is 3.65. The van der Waals surface area contributed by atoms with Crippen LogP contribution >= 0.6 is 0 Å². The minimum Gasteiger partial charge on any atom is -0.316 e. The highest BCUT2D eigenvalue weighted by molar-refractivity contribution is 5.61. The first-order chi connectivity index (χ1) is 9.31. The van der Waals surface area contributed by atoms with Crippen molar-refractivity contribution in [3.63, 3.8) is 0 Å². The van der Waals surface area contributed by atoms with Gasteiger partial charge < -0.3 is 5.32 Å². The SMILES string of the molecule is Fc1ccc(-c2cnn(CC3CCCNC3)c2)cc1. The zero-order valence-electron chi connectivity index (χ0n) is 10.8. The lowest BCUT2D eigenvalue weighted by Gasteiger charge is -2.22. The molecular formula is C15H18FN3. The van der Waals surface area contributed by atoms with Crippen LogP contribution in [0.2, 0.25) is 0 Å². The molecule has 0 amide bonds. The maximum Gasteiger partial charge on any atom is 0.123 e. The van der Waals surface area contributed by atoms with E-state index in [0.29, 0.717) is 5.92 Å². The molecule has 0 radical (unpaired) electrons. The Kier molecular flexibility index (Phi) is 3.60. The molecule has 3 nitrogen and oxygen atoms in total. The van der Waals surface area contributed by atoms with Crippen molar-refractivity contribution in [2.75, 3.05) is 13.1 Å². The van der Waals surface area contributed by atoms with E-state index in [0.717, 1.165) is 30.8 Å². The summed E-state index contributed by atoms with van der Waals surface area (Å²) in [6, 6.07) is 6.55. The predicted octanol–water partition coefficient (Wildman–Crippen LogP) is 2.69. The van der Waals surface area contributed by atoms with E-state index in [9.17, 15) is 4.39 Å². The normalized spacial score (nSPS) is 19.5. The highest BCUT2D eigenvalue weighted by Gasteiger charge is 2.14. The monoisotopic (exact) mass is 259 g/mol. The van der Waals surface area contributed by atoms with Crippen LogP contribution in [-0.2, 0) is 6.54 Å². The van der Waals surface area contributed by atoms with Gasteiger partial charge in [-0.2, -0.15) is 5.10 Å². The van der Waals surface area contributed by atoms with Gasteiger partial charge in [-0.25, -0.2) is 4.39 Å². The van der Waals surface area contributed by atoms with Gasteiger partial charge in [-0.05, 0) is 49.5 Å². The molecule has 1 N–H and O–H groups in total. The molecule has 1 unspecified atom stereocenters. The summed E-state index contributed by atoms with van der Waals surface area (Å²) in [6.45, 7) is 3.16. The Bertz CT molecular complexity index is 527. The van der Waals surface area contributed by atoms with E-state index in [1.165, 1.54) is 25.0 Å². The van der Waals surface area contributed by atoms with Gasteiger partial charge >= 0.3 is 0 Å². The molecule has 1 aromatic heterocycles. The molecule has 1 atom stereocenters. The number of aromatic nitrogens is 2. The quantitative estimate of drug-likeness (QED) is 0.918. The summed E-state index contributed by atoms with van der Waals surface area (Å²) in [6.07, 6.45) is 6.40. The Balaban J connectivity index is 1.70. The highest BCUT2D eigenvalue weighted by Crippen LogP contribution is 2.20. The van der Waals surface area contributed by atoms with E-state index < -0.39 is 0 Å². The third-order valence-corrected chi connectivity index (χ3v) is 3.65. The van der Waals surface area contributed by atoms with Gasteiger partial charge in [0.15, 0.2) is 0 Å². The second-order valence-electron chi connectivity index (χ2n) is 5.17. The topological polar surface area (TPSA) is 29.9 Å². The summed E-state index contributed by atoms with van der Waals surface area (Å²) in [4.78, 5) is 0. The molecule has 19 heavy (non-hydrogen) atoms. The van der Waals surface area contributed by atoms with E-state index in [4.69, 9.17) is 0 Å². The molecule has 1 saturated heterocycles. The van der Waals surface area contributed by atoms with Crippen LogP contribution in [0.5, 0.6) is 0 Å². The minimum atomic E-state index is -0.204. The van der Waals surface area contributed by atoms with Crippen LogP contribution in [0, 0.1) is 11.7 Å². The van der Waals surface area contributed by atoms with Crippen LogP contribution in [0.15, 0.2) is 36.7 Å². The molecular weight excluding hydrogens is 241 g/mol. The maximum atomic E-state index is 12.9. The fourth-order valence-electron chi connectivity index (χ4n) is 2.60. The van der Waals surface area contributed by atoms with Crippen LogP contribution in [-0.4, -0.2) is 22.9 Å². The van der Waals surface area contributed by atoms with Crippen molar-refractivity contribution in [3.05, 3.63) is 42.5 Å². The van der Waals surface area contributed by atoms with E-state index in [-0.39, 0.29) is 5.82 Å². The number of piperidine rings is 1. The van der Waals surface area contributed by atoms with Gasteiger partial charge in [0.1, 0.15) is 5.82 Å². The highest BCUT2D eigenvalue weighted by atomic mass is 19.1. The molecule has 3 rings (SSSR count). The van der Waals surface area contributed by atoms with Crippen LogP contribution in [0.25, 0.3) is 11.1 Å². The first-order valence-electron chi connectivity index (χ1n) is 6.80. The van der Waals surface area contributed by atoms with Gasteiger partial charge in [0.25, 0.3) is 0 Å². The van der Waals surface area contributed by atoms with Crippen LogP contribution in [0.1, 0.15) is 12.8 Å². The number of nitrogens with zero attached hydrogens (tertiary/aromatic N) is 2. The van der Waals surface area contributed by atoms with Crippen molar-refractivity contribution >= 4 is 0 Å². The van der Waals surface area contributed by atoms with Crippen molar-refractivity contribution in [2.24, 2.45) is 5.92 Å². The lowest BCUT2D eigenvalue weighted by atomic mass is 10.00. The molecule has 1 fully saturated rings. The molecule has 4 heteroatoms. The predicted molar refractivity (Wildman–Crippen MR) is 73.2 cm³/mol. The van der Waals surface area contributed by atoms with Gasteiger partial charge in [-0.3, -0.25) is 4.68 Å². The average molecular weight is 259 g/mol. The molecule has 0 aliphatic carbocycles. The Labute approximate surface area is 112 Å². The summed E-state index contributed by atoms with van der Waals surface area (Å²) < 4.78 is 14.9. The molecule has 100 valence electrons. The zero-order chi connectivity index (χ0) is 13.1. The molecule has 1 aliphatic rings. The summed E-state index contributed by atoms with van der Waals surface area (Å²) in [5, 5.41) is 7.82. The van der Waals surface area contributed by atoms with Crippen LogP contribution < -0.4 is 5.32 Å². The number of hydrogen-bond donors (Lipinski definition) is 1. The number of benzene rings is 1. The summed E-state index contributed by atoms with van der Waals surface area (Å²) in [5.41, 5.74) is 2.05. The summed E-state index contributed by atoms with van der Waals surface area (Å²) >= 11 is 0. The van der Waals surface area contributed by atoms with Crippen molar-refractivity contribution in [3.8, 4) is 11.1 Å². The summed E-state index contributed by atoms with van der Waals surface area (Å²) in [7, 11) is 0. The van der Waals surface area contributed by atoms with Crippen molar-refractivity contribution in [1.82, 2.24) is 15.1 Å². The van der Waals surface area contributed by atoms with Gasteiger partial charge in [-0.15, -0.1) is 0 Å². The number of nitrogens with one attached hydrogen (secondary N) is 1. The fraction of sp³-hybridized carbons (Fsp3) is 0.400. The van der Waals surface area contributed by atoms with Crippen molar-refractivity contribution in [1.29, 1.82) is 0 Å². The Hall–Kier alpha value is -1.68. The fourth-order valence-corrected chi connectivity index (χ4v) is 2.60. The Morgan fingerprint density at radius 2 is 2.11 bits per heavy atom. The maximum absolute atomic E-state index is 12.9. The largest absolute Gasteiger partial charge is 0.316 e. The van der Waals surface area contributed by atoms with E-state index in [1.54, 1.807) is 12.1 Å². The second kappa shape index (κ2) is 5.53. The molecule has 1 aromatic carbocycles. The van der Waals surface area contributed by atoms with Crippen LogP contribution in [0.4, 0.5) is 4.39 Å². The molecule has 0 bridgehead atoms. The number of halogens is 1. The number of rotatable bonds is 3. The van der Waals surface area contributed by atoms with Crippen LogP contribution in [0.3, 0.4) is 0 Å². The smallest absolute Gasteiger partial charge is 0.123 e. The molecule has 0 spiro atoms. The van der Waals surface area contributed by atoms with Gasteiger partial charge in [0.2, 0.25) is 0 Å². The lowest BCUT2D eigenvalue weighted by Crippen LogP contribution is -2.32. The minimum absolute atomic E-state index is 0.204. The third kappa shape index (κ3) is 3.01. The first-order valence-corrected chi connectivity index (χ1v) is 6.80.